The molecule has 6 nitrogen and oxygen atoms in total. The van der Waals surface area contributed by atoms with E-state index in [1.54, 1.807) is 0 Å². The summed E-state index contributed by atoms with van der Waals surface area (Å²) in [6, 6.07) is 8.28. The van der Waals surface area contributed by atoms with Gasteiger partial charge in [0, 0.05) is 16.4 Å². The second kappa shape index (κ2) is 5.24. The fourth-order valence-electron chi connectivity index (χ4n) is 4.18. The van der Waals surface area contributed by atoms with Gasteiger partial charge in [0.1, 0.15) is 6.10 Å². The third-order valence-electron chi connectivity index (χ3n) is 5.26. The lowest BCUT2D eigenvalue weighted by molar-refractivity contribution is 0.0690. The fourth-order valence-corrected chi connectivity index (χ4v) is 5.15. The van der Waals surface area contributed by atoms with Crippen LogP contribution in [0.25, 0.3) is 11.3 Å². The highest BCUT2D eigenvalue weighted by Crippen LogP contribution is 2.50. The lowest BCUT2D eigenvalue weighted by Crippen LogP contribution is -2.28. The first-order chi connectivity index (χ1) is 12.1. The second-order valence-electron chi connectivity index (χ2n) is 6.56. The smallest absolute Gasteiger partial charge is 0.277 e. The maximum atomic E-state index is 11.4. The average Bonchev–Trinajstić information content (AvgIpc) is 3.29. The van der Waals surface area contributed by atoms with Gasteiger partial charge < -0.3 is 15.4 Å². The minimum atomic E-state index is -0.723. The molecule has 126 valence electrons. The Morgan fingerprint density at radius 1 is 1.36 bits per heavy atom. The molecule has 3 heterocycles. The number of carbonyl (C=O) groups is 1. The Kier molecular flexibility index (Phi) is 3.10. The highest BCUT2D eigenvalue weighted by molar-refractivity contribution is 7.13. The molecule has 0 saturated carbocycles. The van der Waals surface area contributed by atoms with E-state index in [1.165, 1.54) is 22.5 Å². The van der Waals surface area contributed by atoms with Gasteiger partial charge >= 0.3 is 0 Å². The maximum Gasteiger partial charge on any atom is 0.277 e. The number of nitrogens with zero attached hydrogens (tertiary/aromatic N) is 3. The summed E-state index contributed by atoms with van der Waals surface area (Å²) >= 11 is 1.30. The van der Waals surface area contributed by atoms with Crippen molar-refractivity contribution < 1.29 is 9.90 Å². The first-order valence-electron chi connectivity index (χ1n) is 8.23. The third kappa shape index (κ3) is 2.03. The number of aromatic nitrogens is 3. The monoisotopic (exact) mass is 352 g/mol. The molecule has 3 N–H and O–H groups in total. The zero-order chi connectivity index (χ0) is 17.1. The minimum Gasteiger partial charge on any atom is -0.386 e. The highest BCUT2D eigenvalue weighted by Gasteiger charge is 2.42. The van der Waals surface area contributed by atoms with Crippen LogP contribution in [0.15, 0.2) is 36.8 Å². The van der Waals surface area contributed by atoms with Crippen LogP contribution in [-0.2, 0) is 6.42 Å². The molecular formula is C18H16N4O2S. The summed E-state index contributed by atoms with van der Waals surface area (Å²) < 4.78 is 2.14. The Morgan fingerprint density at radius 3 is 3.04 bits per heavy atom. The molecule has 2 aromatic heterocycles. The number of hydrogen-bond acceptors (Lipinski definition) is 5. The Labute approximate surface area is 148 Å². The van der Waals surface area contributed by atoms with E-state index in [-0.39, 0.29) is 17.0 Å². The fraction of sp³-hybridized carbons (Fsp3) is 0.278. The van der Waals surface area contributed by atoms with Crippen molar-refractivity contribution in [1.29, 1.82) is 0 Å². The van der Waals surface area contributed by atoms with Crippen molar-refractivity contribution in [3.05, 3.63) is 57.9 Å². The van der Waals surface area contributed by atoms with Crippen LogP contribution in [0.5, 0.6) is 0 Å². The number of aryl methyl sites for hydroxylation is 1. The normalized spacial score (nSPS) is 23.8. The van der Waals surface area contributed by atoms with Crippen LogP contribution in [0.3, 0.4) is 0 Å². The summed E-state index contributed by atoms with van der Waals surface area (Å²) in [5, 5.41) is 11.3. The van der Waals surface area contributed by atoms with Gasteiger partial charge in [-0.25, -0.2) is 9.97 Å². The van der Waals surface area contributed by atoms with Crippen LogP contribution >= 0.6 is 11.3 Å². The van der Waals surface area contributed by atoms with Gasteiger partial charge in [-0.15, -0.1) is 11.3 Å². The molecular weight excluding hydrogens is 336 g/mol. The van der Waals surface area contributed by atoms with Crippen LogP contribution < -0.4 is 5.73 Å². The molecule has 0 fully saturated rings. The Morgan fingerprint density at radius 2 is 2.20 bits per heavy atom. The molecule has 0 bridgehead atoms. The molecule has 0 saturated heterocycles. The van der Waals surface area contributed by atoms with Crippen molar-refractivity contribution in [1.82, 2.24) is 14.5 Å². The van der Waals surface area contributed by atoms with Crippen LogP contribution in [0.2, 0.25) is 0 Å². The number of aliphatic hydroxyl groups is 1. The number of carbonyl (C=O) groups excluding carboxylic acids is 1. The standard InChI is InChI=1S/C18H16N4O2S/c19-17(24)18-21-14-13(25-18)6-5-11(16(14)23)15-10-4-2-1-3-9(10)12-7-20-8-22(12)15/h1-4,7-8,11,15-16,23H,5-6H2,(H2,19,24)/t11?,15-,16?/m0/s1. The molecule has 2 aliphatic rings. The van der Waals surface area contributed by atoms with E-state index in [4.69, 9.17) is 5.73 Å². The Hall–Kier alpha value is -2.51. The van der Waals surface area contributed by atoms with Crippen molar-refractivity contribution in [2.24, 2.45) is 11.7 Å². The SMILES string of the molecule is NC(=O)c1nc2c(s1)CCC([C@@H]1c3ccccc3-c3cncn31)C2O. The van der Waals surface area contributed by atoms with Gasteiger partial charge in [0.2, 0.25) is 0 Å². The number of aliphatic hydroxyl groups excluding tert-OH is 1. The molecule has 0 spiro atoms. The maximum absolute atomic E-state index is 11.4. The van der Waals surface area contributed by atoms with Gasteiger partial charge in [0.05, 0.1) is 30.0 Å². The number of benzene rings is 1. The first-order valence-corrected chi connectivity index (χ1v) is 9.05. The van der Waals surface area contributed by atoms with Gasteiger partial charge in [-0.2, -0.15) is 0 Å². The summed E-state index contributed by atoms with van der Waals surface area (Å²) in [7, 11) is 0. The molecule has 1 aliphatic carbocycles. The van der Waals surface area contributed by atoms with E-state index in [0.717, 1.165) is 23.4 Å². The second-order valence-corrected chi connectivity index (χ2v) is 7.64. The van der Waals surface area contributed by atoms with Crippen molar-refractivity contribution in [2.45, 2.75) is 25.0 Å². The molecule has 1 aliphatic heterocycles. The van der Waals surface area contributed by atoms with Crippen LogP contribution in [0.4, 0.5) is 0 Å². The van der Waals surface area contributed by atoms with Crippen molar-refractivity contribution in [3.8, 4) is 11.3 Å². The molecule has 0 radical (unpaired) electrons. The summed E-state index contributed by atoms with van der Waals surface area (Å²) in [6.07, 6.45) is 4.60. The zero-order valence-electron chi connectivity index (χ0n) is 13.3. The highest BCUT2D eigenvalue weighted by atomic mass is 32.1. The molecule has 25 heavy (non-hydrogen) atoms. The summed E-state index contributed by atoms with van der Waals surface area (Å²) in [4.78, 5) is 21.0. The summed E-state index contributed by atoms with van der Waals surface area (Å²) in [6.45, 7) is 0. The number of thiazole rings is 1. The molecule has 7 heteroatoms. The van der Waals surface area contributed by atoms with E-state index in [0.29, 0.717) is 5.69 Å². The van der Waals surface area contributed by atoms with Gasteiger partial charge in [-0.3, -0.25) is 4.79 Å². The summed E-state index contributed by atoms with van der Waals surface area (Å²) in [5.74, 6) is -0.557. The van der Waals surface area contributed by atoms with Crippen LogP contribution in [-0.4, -0.2) is 25.5 Å². The van der Waals surface area contributed by atoms with Gasteiger partial charge in [0.15, 0.2) is 5.01 Å². The molecule has 1 aromatic carbocycles. The van der Waals surface area contributed by atoms with E-state index in [1.807, 2.05) is 24.7 Å². The molecule has 2 unspecified atom stereocenters. The van der Waals surface area contributed by atoms with E-state index < -0.39 is 12.0 Å². The number of fused-ring (bicyclic) bond motifs is 4. The number of imidazole rings is 1. The van der Waals surface area contributed by atoms with Crippen molar-refractivity contribution >= 4 is 17.2 Å². The average molecular weight is 352 g/mol. The number of nitrogens with two attached hydrogens (primary N) is 1. The van der Waals surface area contributed by atoms with E-state index in [9.17, 15) is 9.90 Å². The lowest BCUT2D eigenvalue weighted by Gasteiger charge is -2.33. The number of primary amides is 1. The molecule has 3 aromatic rings. The number of hydrogen-bond donors (Lipinski definition) is 2. The number of amides is 1. The van der Waals surface area contributed by atoms with Gasteiger partial charge in [-0.05, 0) is 18.4 Å². The predicted molar refractivity (Wildman–Crippen MR) is 93.2 cm³/mol. The Balaban J connectivity index is 1.59. The van der Waals surface area contributed by atoms with Gasteiger partial charge in [-0.1, -0.05) is 24.3 Å². The van der Waals surface area contributed by atoms with E-state index in [2.05, 4.69) is 26.7 Å². The Bertz CT molecular complexity index is 993. The van der Waals surface area contributed by atoms with Gasteiger partial charge in [0.25, 0.3) is 5.91 Å². The predicted octanol–water partition coefficient (Wildman–Crippen LogP) is 2.30. The van der Waals surface area contributed by atoms with Crippen LogP contribution in [0.1, 0.15) is 44.5 Å². The zero-order valence-corrected chi connectivity index (χ0v) is 14.1. The number of rotatable bonds is 2. The molecule has 1 amide bonds. The molecule has 5 rings (SSSR count). The quantitative estimate of drug-likeness (QED) is 0.740. The van der Waals surface area contributed by atoms with Crippen molar-refractivity contribution in [2.75, 3.05) is 0 Å². The van der Waals surface area contributed by atoms with E-state index >= 15 is 0 Å². The lowest BCUT2D eigenvalue weighted by atomic mass is 9.80. The first kappa shape index (κ1) is 14.8. The summed E-state index contributed by atoms with van der Waals surface area (Å²) in [5.41, 5.74) is 9.42. The molecule has 3 atom stereocenters. The van der Waals surface area contributed by atoms with Crippen molar-refractivity contribution in [3.63, 3.8) is 0 Å². The largest absolute Gasteiger partial charge is 0.386 e. The topological polar surface area (TPSA) is 94.0 Å². The third-order valence-corrected chi connectivity index (χ3v) is 6.40. The minimum absolute atomic E-state index is 0.0214. The van der Waals surface area contributed by atoms with Crippen LogP contribution in [0, 0.1) is 5.92 Å².